The zero-order chi connectivity index (χ0) is 13.9. The summed E-state index contributed by atoms with van der Waals surface area (Å²) in [6.45, 7) is 0.320. The van der Waals surface area contributed by atoms with Crippen LogP contribution >= 0.6 is 23.2 Å². The first-order chi connectivity index (χ1) is 9.74. The van der Waals surface area contributed by atoms with Crippen LogP contribution in [-0.2, 0) is 13.0 Å². The van der Waals surface area contributed by atoms with Crippen LogP contribution in [0.3, 0.4) is 0 Å². The summed E-state index contributed by atoms with van der Waals surface area (Å²) < 4.78 is 5.72. The molecule has 3 rings (SSSR count). The molecule has 0 radical (unpaired) electrons. The monoisotopic (exact) mass is 305 g/mol. The van der Waals surface area contributed by atoms with E-state index in [1.54, 1.807) is 12.1 Å². The standard InChI is InChI=1S/C16H13Cl2NO/c17-13-5-3-6-14(18)12(13)10-20-16-9-8-11-4-1-2-7-15(11)19-16/h1,3-6,8-9H,2,7,10H2. The van der Waals surface area contributed by atoms with Gasteiger partial charge in [-0.25, -0.2) is 4.98 Å². The molecule has 0 N–H and O–H groups in total. The Morgan fingerprint density at radius 1 is 1.10 bits per heavy atom. The number of fused-ring (bicyclic) bond motifs is 1. The van der Waals surface area contributed by atoms with Crippen molar-refractivity contribution in [2.45, 2.75) is 19.4 Å². The molecule has 0 aliphatic heterocycles. The van der Waals surface area contributed by atoms with Crippen LogP contribution in [0.4, 0.5) is 0 Å². The van der Waals surface area contributed by atoms with Gasteiger partial charge in [-0.15, -0.1) is 0 Å². The third-order valence-electron chi connectivity index (χ3n) is 3.26. The van der Waals surface area contributed by atoms with Crippen LogP contribution in [0, 0.1) is 0 Å². The van der Waals surface area contributed by atoms with E-state index in [4.69, 9.17) is 27.9 Å². The summed E-state index contributed by atoms with van der Waals surface area (Å²) in [5.74, 6) is 0.607. The maximum absolute atomic E-state index is 6.12. The predicted octanol–water partition coefficient (Wildman–Crippen LogP) is 4.93. The van der Waals surface area contributed by atoms with Gasteiger partial charge in [0.1, 0.15) is 6.61 Å². The number of hydrogen-bond donors (Lipinski definition) is 0. The molecule has 0 fully saturated rings. The normalized spacial score (nSPS) is 13.1. The molecule has 2 nitrogen and oxygen atoms in total. The van der Waals surface area contributed by atoms with Gasteiger partial charge in [-0.05, 0) is 36.6 Å². The predicted molar refractivity (Wildman–Crippen MR) is 82.4 cm³/mol. The third kappa shape index (κ3) is 2.82. The maximum atomic E-state index is 6.12. The first-order valence-corrected chi connectivity index (χ1v) is 7.22. The number of rotatable bonds is 3. The van der Waals surface area contributed by atoms with Gasteiger partial charge in [-0.2, -0.15) is 0 Å². The van der Waals surface area contributed by atoms with E-state index in [0.29, 0.717) is 22.5 Å². The number of halogens is 2. The van der Waals surface area contributed by atoms with E-state index >= 15 is 0 Å². The molecule has 0 atom stereocenters. The van der Waals surface area contributed by atoms with E-state index in [0.717, 1.165) is 24.1 Å². The summed E-state index contributed by atoms with van der Waals surface area (Å²) in [7, 11) is 0. The summed E-state index contributed by atoms with van der Waals surface area (Å²) in [5, 5.41) is 1.22. The molecule has 0 saturated heterocycles. The molecule has 20 heavy (non-hydrogen) atoms. The molecule has 2 aromatic rings. The molecular formula is C16H13Cl2NO. The molecule has 0 spiro atoms. The number of allylic oxidation sites excluding steroid dienone is 1. The molecule has 4 heteroatoms. The van der Waals surface area contributed by atoms with Crippen molar-refractivity contribution >= 4 is 29.3 Å². The highest BCUT2D eigenvalue weighted by Crippen LogP contribution is 2.26. The summed E-state index contributed by atoms with van der Waals surface area (Å²) in [6.07, 6.45) is 6.24. The second-order valence-corrected chi connectivity index (χ2v) is 5.43. The van der Waals surface area contributed by atoms with Crippen molar-refractivity contribution in [1.82, 2.24) is 4.98 Å². The second kappa shape index (κ2) is 5.86. The van der Waals surface area contributed by atoms with Gasteiger partial charge in [0.15, 0.2) is 0 Å². The minimum atomic E-state index is 0.320. The number of aromatic nitrogens is 1. The van der Waals surface area contributed by atoms with Gasteiger partial charge >= 0.3 is 0 Å². The van der Waals surface area contributed by atoms with Crippen LogP contribution in [0.25, 0.3) is 6.08 Å². The highest BCUT2D eigenvalue weighted by atomic mass is 35.5. The SMILES string of the molecule is Clc1cccc(Cl)c1COc1ccc2c(n1)CCC=C2. The van der Waals surface area contributed by atoms with Gasteiger partial charge < -0.3 is 4.74 Å². The van der Waals surface area contributed by atoms with E-state index in [1.807, 2.05) is 18.2 Å². The Balaban J connectivity index is 1.77. The van der Waals surface area contributed by atoms with Crippen molar-refractivity contribution < 1.29 is 4.74 Å². The Hall–Kier alpha value is -1.51. The molecule has 1 aliphatic rings. The summed E-state index contributed by atoms with van der Waals surface area (Å²) in [5.41, 5.74) is 3.03. The zero-order valence-corrected chi connectivity index (χ0v) is 12.3. The minimum Gasteiger partial charge on any atom is -0.473 e. The topological polar surface area (TPSA) is 22.1 Å². The molecule has 0 saturated carbocycles. The van der Waals surface area contributed by atoms with Crippen molar-refractivity contribution in [2.75, 3.05) is 0 Å². The summed E-state index contributed by atoms with van der Waals surface area (Å²) in [4.78, 5) is 4.53. The Morgan fingerprint density at radius 3 is 2.70 bits per heavy atom. The third-order valence-corrected chi connectivity index (χ3v) is 3.96. The molecule has 1 heterocycles. The summed E-state index contributed by atoms with van der Waals surface area (Å²) in [6, 6.07) is 9.33. The summed E-state index contributed by atoms with van der Waals surface area (Å²) >= 11 is 12.2. The lowest BCUT2D eigenvalue weighted by atomic mass is 10.0. The molecule has 1 aliphatic carbocycles. The molecule has 1 aromatic carbocycles. The van der Waals surface area contributed by atoms with Crippen LogP contribution in [0.1, 0.15) is 23.2 Å². The molecule has 1 aromatic heterocycles. The van der Waals surface area contributed by atoms with E-state index in [1.165, 1.54) is 5.56 Å². The number of nitrogens with zero attached hydrogens (tertiary/aromatic N) is 1. The average Bonchev–Trinajstić information content (AvgIpc) is 2.46. The maximum Gasteiger partial charge on any atom is 0.213 e. The first-order valence-electron chi connectivity index (χ1n) is 6.46. The van der Waals surface area contributed by atoms with Crippen LogP contribution in [0.2, 0.25) is 10.0 Å². The fourth-order valence-corrected chi connectivity index (χ4v) is 2.68. The van der Waals surface area contributed by atoms with E-state index in [9.17, 15) is 0 Å². The lowest BCUT2D eigenvalue weighted by Gasteiger charge is -2.12. The zero-order valence-electron chi connectivity index (χ0n) is 10.8. The van der Waals surface area contributed by atoms with E-state index in [-0.39, 0.29) is 0 Å². The van der Waals surface area contributed by atoms with Gasteiger partial charge in [0.05, 0.1) is 5.69 Å². The molecule has 0 unspecified atom stereocenters. The average molecular weight is 306 g/mol. The number of hydrogen-bond acceptors (Lipinski definition) is 2. The van der Waals surface area contributed by atoms with Crippen LogP contribution in [0.15, 0.2) is 36.4 Å². The van der Waals surface area contributed by atoms with Gasteiger partial charge in [-0.1, -0.05) is 41.4 Å². The smallest absolute Gasteiger partial charge is 0.213 e. The van der Waals surface area contributed by atoms with Crippen LogP contribution in [0.5, 0.6) is 5.88 Å². The van der Waals surface area contributed by atoms with Gasteiger partial charge in [0.2, 0.25) is 5.88 Å². The number of pyridine rings is 1. The van der Waals surface area contributed by atoms with Gasteiger partial charge in [0, 0.05) is 21.7 Å². The fourth-order valence-electron chi connectivity index (χ4n) is 2.17. The minimum absolute atomic E-state index is 0.320. The van der Waals surface area contributed by atoms with Crippen LogP contribution < -0.4 is 4.74 Å². The van der Waals surface area contributed by atoms with Gasteiger partial charge in [0.25, 0.3) is 0 Å². The van der Waals surface area contributed by atoms with Crippen molar-refractivity contribution in [1.29, 1.82) is 0 Å². The quantitative estimate of drug-likeness (QED) is 0.802. The highest BCUT2D eigenvalue weighted by molar-refractivity contribution is 6.35. The van der Waals surface area contributed by atoms with Crippen LogP contribution in [-0.4, -0.2) is 4.98 Å². The van der Waals surface area contributed by atoms with Crippen molar-refractivity contribution in [3.63, 3.8) is 0 Å². The number of aryl methyl sites for hydroxylation is 1. The van der Waals surface area contributed by atoms with Crippen molar-refractivity contribution in [2.24, 2.45) is 0 Å². The van der Waals surface area contributed by atoms with E-state index in [2.05, 4.69) is 17.1 Å². The van der Waals surface area contributed by atoms with Gasteiger partial charge in [-0.3, -0.25) is 0 Å². The lowest BCUT2D eigenvalue weighted by Crippen LogP contribution is -2.03. The Labute approximate surface area is 128 Å². The number of benzene rings is 1. The largest absolute Gasteiger partial charge is 0.473 e. The molecule has 0 bridgehead atoms. The Kier molecular flexibility index (Phi) is 3.95. The van der Waals surface area contributed by atoms with Crippen molar-refractivity contribution in [3.8, 4) is 5.88 Å². The molecular weight excluding hydrogens is 293 g/mol. The van der Waals surface area contributed by atoms with Crippen molar-refractivity contribution in [3.05, 3.63) is 63.3 Å². The first kappa shape index (κ1) is 13.5. The fraction of sp³-hybridized carbons (Fsp3) is 0.188. The Morgan fingerprint density at radius 2 is 1.90 bits per heavy atom. The van der Waals surface area contributed by atoms with E-state index < -0.39 is 0 Å². The highest BCUT2D eigenvalue weighted by Gasteiger charge is 2.10. The lowest BCUT2D eigenvalue weighted by molar-refractivity contribution is 0.293. The Bertz CT molecular complexity index is 647. The number of ether oxygens (including phenoxy) is 1. The molecule has 102 valence electrons. The molecule has 0 amide bonds. The second-order valence-electron chi connectivity index (χ2n) is 4.62.